The van der Waals surface area contributed by atoms with Crippen molar-refractivity contribution in [1.29, 1.82) is 0 Å². The number of imide groups is 1. The number of ether oxygens (including phenoxy) is 1. The van der Waals surface area contributed by atoms with Gasteiger partial charge < -0.3 is 10.1 Å². The Morgan fingerprint density at radius 1 is 1.00 bits per heavy atom. The van der Waals surface area contributed by atoms with Crippen LogP contribution in [0.25, 0.3) is 5.57 Å². The lowest BCUT2D eigenvalue weighted by Gasteiger charge is -2.18. The molecule has 0 spiro atoms. The number of anilines is 2. The fourth-order valence-corrected chi connectivity index (χ4v) is 4.37. The molecule has 1 aromatic heterocycles. The molecular weight excluding hydrogens is 408 g/mol. The van der Waals surface area contributed by atoms with Crippen molar-refractivity contribution in [3.05, 3.63) is 81.7 Å². The molecule has 1 aliphatic heterocycles. The highest BCUT2D eigenvalue weighted by molar-refractivity contribution is 7.11. The van der Waals surface area contributed by atoms with Gasteiger partial charge in [-0.05, 0) is 55.5 Å². The van der Waals surface area contributed by atoms with Crippen LogP contribution in [0.4, 0.5) is 11.4 Å². The van der Waals surface area contributed by atoms with Crippen molar-refractivity contribution in [2.75, 3.05) is 16.8 Å². The summed E-state index contributed by atoms with van der Waals surface area (Å²) in [5.74, 6) is 0.0358. The van der Waals surface area contributed by atoms with E-state index in [2.05, 4.69) is 5.32 Å². The van der Waals surface area contributed by atoms with Crippen LogP contribution in [-0.4, -0.2) is 18.4 Å². The third kappa shape index (κ3) is 4.11. The van der Waals surface area contributed by atoms with Gasteiger partial charge in [0.05, 0.1) is 17.9 Å². The van der Waals surface area contributed by atoms with Crippen LogP contribution in [0.15, 0.2) is 65.7 Å². The molecule has 0 fully saturated rings. The number of aryl methyl sites for hydroxylation is 2. The zero-order chi connectivity index (χ0) is 22.0. The van der Waals surface area contributed by atoms with Crippen molar-refractivity contribution in [3.8, 4) is 5.75 Å². The molecule has 0 bridgehead atoms. The van der Waals surface area contributed by atoms with E-state index in [4.69, 9.17) is 4.74 Å². The zero-order valence-electron chi connectivity index (χ0n) is 17.8. The topological polar surface area (TPSA) is 58.6 Å². The number of hydrogen-bond donors (Lipinski definition) is 1. The second kappa shape index (κ2) is 8.78. The average Bonchev–Trinajstić information content (AvgIpc) is 3.35. The highest BCUT2D eigenvalue weighted by atomic mass is 32.1. The van der Waals surface area contributed by atoms with Gasteiger partial charge in [-0.3, -0.25) is 9.59 Å². The van der Waals surface area contributed by atoms with E-state index >= 15 is 0 Å². The largest absolute Gasteiger partial charge is 0.494 e. The van der Waals surface area contributed by atoms with Gasteiger partial charge in [0.1, 0.15) is 11.4 Å². The standard InChI is InChI=1S/C25H24N2O3S/c1-4-12-30-19-8-5-7-18(15-19)26-23-22(21-9-6-13-31-21)24(28)27(25(23)29)20-11-10-16(2)14-17(20)3/h5-11,13-15,26H,4,12H2,1-3H3. The molecule has 5 nitrogen and oxygen atoms in total. The second-order valence-corrected chi connectivity index (χ2v) is 8.41. The Morgan fingerprint density at radius 2 is 1.84 bits per heavy atom. The first-order chi connectivity index (χ1) is 15.0. The number of rotatable bonds is 7. The zero-order valence-corrected chi connectivity index (χ0v) is 18.6. The van der Waals surface area contributed by atoms with Gasteiger partial charge in [0.2, 0.25) is 0 Å². The van der Waals surface area contributed by atoms with Crippen LogP contribution in [0.3, 0.4) is 0 Å². The van der Waals surface area contributed by atoms with E-state index in [-0.39, 0.29) is 17.5 Å². The minimum Gasteiger partial charge on any atom is -0.494 e. The van der Waals surface area contributed by atoms with Gasteiger partial charge in [-0.2, -0.15) is 0 Å². The van der Waals surface area contributed by atoms with Crippen LogP contribution >= 0.6 is 11.3 Å². The highest BCUT2D eigenvalue weighted by Crippen LogP contribution is 2.37. The van der Waals surface area contributed by atoms with Crippen molar-refractivity contribution in [2.24, 2.45) is 0 Å². The molecule has 2 heterocycles. The lowest BCUT2D eigenvalue weighted by molar-refractivity contribution is -0.120. The van der Waals surface area contributed by atoms with Crippen molar-refractivity contribution in [3.63, 3.8) is 0 Å². The normalized spacial score (nSPS) is 13.8. The van der Waals surface area contributed by atoms with Gasteiger partial charge in [0.25, 0.3) is 11.8 Å². The first kappa shape index (κ1) is 20.9. The molecule has 1 aliphatic rings. The Hall–Kier alpha value is -3.38. The molecule has 0 saturated heterocycles. The number of benzene rings is 2. The monoisotopic (exact) mass is 432 g/mol. The molecular formula is C25H24N2O3S. The summed E-state index contributed by atoms with van der Waals surface area (Å²) in [6, 6.07) is 16.9. The molecule has 1 N–H and O–H groups in total. The summed E-state index contributed by atoms with van der Waals surface area (Å²) in [6.45, 7) is 6.56. The summed E-state index contributed by atoms with van der Waals surface area (Å²) >= 11 is 1.44. The smallest absolute Gasteiger partial charge is 0.282 e. The van der Waals surface area contributed by atoms with E-state index in [1.54, 1.807) is 0 Å². The Kier molecular flexibility index (Phi) is 5.91. The molecule has 3 aromatic rings. The number of amides is 2. The van der Waals surface area contributed by atoms with E-state index in [0.29, 0.717) is 29.3 Å². The van der Waals surface area contributed by atoms with Crippen LogP contribution in [0.5, 0.6) is 5.75 Å². The summed E-state index contributed by atoms with van der Waals surface area (Å²) < 4.78 is 5.71. The third-order valence-corrected chi connectivity index (χ3v) is 5.91. The van der Waals surface area contributed by atoms with Crippen LogP contribution < -0.4 is 15.0 Å². The first-order valence-electron chi connectivity index (χ1n) is 10.2. The Morgan fingerprint density at radius 3 is 2.55 bits per heavy atom. The number of nitrogens with one attached hydrogen (secondary N) is 1. The van der Waals surface area contributed by atoms with Crippen molar-refractivity contribution >= 4 is 40.1 Å². The predicted molar refractivity (Wildman–Crippen MR) is 125 cm³/mol. The summed E-state index contributed by atoms with van der Waals surface area (Å²) in [6.07, 6.45) is 0.906. The molecule has 4 rings (SSSR count). The maximum Gasteiger partial charge on any atom is 0.282 e. The van der Waals surface area contributed by atoms with E-state index in [1.807, 2.05) is 80.7 Å². The van der Waals surface area contributed by atoms with Crippen LogP contribution in [0.2, 0.25) is 0 Å². The van der Waals surface area contributed by atoms with Gasteiger partial charge in [-0.1, -0.05) is 36.8 Å². The fraction of sp³-hybridized carbons (Fsp3) is 0.200. The molecule has 0 saturated carbocycles. The first-order valence-corrected chi connectivity index (χ1v) is 11.1. The van der Waals surface area contributed by atoms with Gasteiger partial charge >= 0.3 is 0 Å². The number of thiophene rings is 1. The molecule has 158 valence electrons. The third-order valence-electron chi connectivity index (χ3n) is 5.02. The molecule has 2 aromatic carbocycles. The van der Waals surface area contributed by atoms with Gasteiger partial charge in [-0.25, -0.2) is 4.90 Å². The van der Waals surface area contributed by atoms with Gasteiger partial charge in [0, 0.05) is 16.6 Å². The SMILES string of the molecule is CCCOc1cccc(NC2=C(c3cccs3)C(=O)N(c3ccc(C)cc3C)C2=O)c1. The number of carbonyl (C=O) groups is 2. The van der Waals surface area contributed by atoms with Crippen molar-refractivity contribution in [1.82, 2.24) is 0 Å². The van der Waals surface area contributed by atoms with Crippen molar-refractivity contribution < 1.29 is 14.3 Å². The number of nitrogens with zero attached hydrogens (tertiary/aromatic N) is 1. The number of hydrogen-bond acceptors (Lipinski definition) is 5. The Bertz CT molecular complexity index is 1170. The predicted octanol–water partition coefficient (Wildman–Crippen LogP) is 5.55. The Labute approximate surface area is 186 Å². The number of carbonyl (C=O) groups excluding carboxylic acids is 2. The quantitative estimate of drug-likeness (QED) is 0.497. The van der Waals surface area contributed by atoms with E-state index in [9.17, 15) is 9.59 Å². The van der Waals surface area contributed by atoms with Crippen LogP contribution in [-0.2, 0) is 9.59 Å². The second-order valence-electron chi connectivity index (χ2n) is 7.46. The molecule has 0 unspecified atom stereocenters. The maximum atomic E-state index is 13.5. The van der Waals surface area contributed by atoms with E-state index in [1.165, 1.54) is 16.2 Å². The summed E-state index contributed by atoms with van der Waals surface area (Å²) in [5, 5.41) is 5.10. The Balaban J connectivity index is 1.74. The molecule has 6 heteroatoms. The van der Waals surface area contributed by atoms with Crippen LogP contribution in [0, 0.1) is 13.8 Å². The maximum absolute atomic E-state index is 13.5. The van der Waals surface area contributed by atoms with E-state index < -0.39 is 0 Å². The molecule has 0 aliphatic carbocycles. The highest BCUT2D eigenvalue weighted by Gasteiger charge is 2.41. The van der Waals surface area contributed by atoms with E-state index in [0.717, 1.165) is 22.4 Å². The molecule has 0 radical (unpaired) electrons. The van der Waals surface area contributed by atoms with Crippen LogP contribution in [0.1, 0.15) is 29.3 Å². The van der Waals surface area contributed by atoms with Gasteiger partial charge in [-0.15, -0.1) is 11.3 Å². The summed E-state index contributed by atoms with van der Waals surface area (Å²) in [4.78, 5) is 29.0. The summed E-state index contributed by atoms with van der Waals surface area (Å²) in [5.41, 5.74) is 3.92. The van der Waals surface area contributed by atoms with Crippen molar-refractivity contribution in [2.45, 2.75) is 27.2 Å². The fourth-order valence-electron chi connectivity index (χ4n) is 3.60. The summed E-state index contributed by atoms with van der Waals surface area (Å²) in [7, 11) is 0. The van der Waals surface area contributed by atoms with Gasteiger partial charge in [0.15, 0.2) is 0 Å². The lowest BCUT2D eigenvalue weighted by atomic mass is 10.1. The average molecular weight is 433 g/mol. The molecule has 0 atom stereocenters. The minimum atomic E-state index is -0.361. The molecule has 31 heavy (non-hydrogen) atoms. The lowest BCUT2D eigenvalue weighted by Crippen LogP contribution is -2.33. The molecule has 2 amide bonds. The minimum absolute atomic E-state index is 0.278.